The molecule has 0 aliphatic rings. The average Bonchev–Trinajstić information content (AvgIpc) is 3.02. The molecule has 2 N–H and O–H groups in total. The Balaban J connectivity index is 2.28. The Bertz CT molecular complexity index is 698. The summed E-state index contributed by atoms with van der Waals surface area (Å²) in [6.07, 6.45) is -3.16. The Morgan fingerprint density at radius 3 is 2.74 bits per heavy atom. The van der Waals surface area contributed by atoms with Crippen LogP contribution in [0, 0.1) is 0 Å². The molecule has 0 aliphatic heterocycles. The van der Waals surface area contributed by atoms with Crippen molar-refractivity contribution in [2.24, 2.45) is 5.73 Å². The highest BCUT2D eigenvalue weighted by Crippen LogP contribution is 2.30. The van der Waals surface area contributed by atoms with Crippen LogP contribution in [0.15, 0.2) is 30.5 Å². The van der Waals surface area contributed by atoms with Crippen molar-refractivity contribution in [3.8, 4) is 5.69 Å². The number of hydrogen-bond donors (Lipinski definition) is 1. The van der Waals surface area contributed by atoms with Gasteiger partial charge in [0.25, 0.3) is 5.91 Å². The third-order valence-corrected chi connectivity index (χ3v) is 3.47. The van der Waals surface area contributed by atoms with Crippen LogP contribution in [0.2, 0.25) is 0 Å². The highest BCUT2D eigenvalue weighted by molar-refractivity contribution is 5.92. The lowest BCUT2D eigenvalue weighted by Gasteiger charge is -2.22. The van der Waals surface area contributed by atoms with Crippen LogP contribution in [0.5, 0.6) is 0 Å². The van der Waals surface area contributed by atoms with Crippen LogP contribution in [0.4, 0.5) is 13.2 Å². The molecule has 0 bridgehead atoms. The Kier molecular flexibility index (Phi) is 4.69. The number of likely N-dealkylation sites (N-methyl/N-ethyl adjacent to an activating group) is 1. The second-order valence-electron chi connectivity index (χ2n) is 5.10. The number of amides is 1. The van der Waals surface area contributed by atoms with Crippen LogP contribution in [0.25, 0.3) is 5.69 Å². The largest absolute Gasteiger partial charge is 0.416 e. The van der Waals surface area contributed by atoms with Crippen molar-refractivity contribution in [2.45, 2.75) is 19.1 Å². The van der Waals surface area contributed by atoms with Gasteiger partial charge in [-0.2, -0.15) is 13.2 Å². The average molecular weight is 327 g/mol. The third-order valence-electron chi connectivity index (χ3n) is 3.47. The van der Waals surface area contributed by atoms with E-state index in [9.17, 15) is 18.0 Å². The van der Waals surface area contributed by atoms with Crippen molar-refractivity contribution in [1.29, 1.82) is 0 Å². The SMILES string of the molecule is CC(CN)N(C)C(=O)c1cn(-c2cccc(C(F)(F)F)c2)nn1. The summed E-state index contributed by atoms with van der Waals surface area (Å²) >= 11 is 0. The molecule has 1 unspecified atom stereocenters. The fourth-order valence-corrected chi connectivity index (χ4v) is 1.85. The quantitative estimate of drug-likeness (QED) is 0.927. The van der Waals surface area contributed by atoms with Crippen LogP contribution < -0.4 is 5.73 Å². The minimum Gasteiger partial charge on any atom is -0.336 e. The van der Waals surface area contributed by atoms with Gasteiger partial charge in [0.05, 0.1) is 17.4 Å². The number of halogens is 3. The van der Waals surface area contributed by atoms with Crippen molar-refractivity contribution in [1.82, 2.24) is 19.9 Å². The summed E-state index contributed by atoms with van der Waals surface area (Å²) in [5, 5.41) is 7.44. The van der Waals surface area contributed by atoms with Crippen molar-refractivity contribution in [3.05, 3.63) is 41.7 Å². The van der Waals surface area contributed by atoms with Crippen LogP contribution >= 0.6 is 0 Å². The molecule has 2 rings (SSSR count). The Morgan fingerprint density at radius 2 is 2.13 bits per heavy atom. The molecule has 0 saturated heterocycles. The maximum absolute atomic E-state index is 12.7. The maximum atomic E-state index is 12.7. The summed E-state index contributed by atoms with van der Waals surface area (Å²) in [4.78, 5) is 13.6. The second-order valence-corrected chi connectivity index (χ2v) is 5.10. The van der Waals surface area contributed by atoms with E-state index >= 15 is 0 Å². The van der Waals surface area contributed by atoms with Gasteiger partial charge in [0.15, 0.2) is 5.69 Å². The molecule has 0 fully saturated rings. The van der Waals surface area contributed by atoms with Crippen LogP contribution in [0.3, 0.4) is 0 Å². The molecule has 1 aromatic heterocycles. The van der Waals surface area contributed by atoms with Gasteiger partial charge in [0.2, 0.25) is 0 Å². The summed E-state index contributed by atoms with van der Waals surface area (Å²) < 4.78 is 39.3. The maximum Gasteiger partial charge on any atom is 0.416 e. The van der Waals surface area contributed by atoms with Crippen LogP contribution in [0.1, 0.15) is 23.0 Å². The van der Waals surface area contributed by atoms with E-state index in [1.807, 2.05) is 0 Å². The summed E-state index contributed by atoms with van der Waals surface area (Å²) in [6.45, 7) is 2.05. The van der Waals surface area contributed by atoms with E-state index in [-0.39, 0.29) is 24.0 Å². The Hall–Kier alpha value is -2.42. The normalized spacial score (nSPS) is 13.0. The molecular weight excluding hydrogens is 311 g/mol. The molecule has 6 nitrogen and oxygen atoms in total. The van der Waals surface area contributed by atoms with Gasteiger partial charge in [-0.3, -0.25) is 4.79 Å². The topological polar surface area (TPSA) is 77.0 Å². The fourth-order valence-electron chi connectivity index (χ4n) is 1.85. The number of nitrogens with zero attached hydrogens (tertiary/aromatic N) is 4. The lowest BCUT2D eigenvalue weighted by Crippen LogP contribution is -2.39. The predicted octanol–water partition coefficient (Wildman–Crippen LogP) is 1.71. The highest BCUT2D eigenvalue weighted by Gasteiger charge is 2.30. The first-order chi connectivity index (χ1) is 10.7. The molecule has 2 aromatic rings. The fraction of sp³-hybridized carbons (Fsp3) is 0.357. The summed E-state index contributed by atoms with van der Waals surface area (Å²) in [7, 11) is 1.57. The molecule has 9 heteroatoms. The molecule has 124 valence electrons. The lowest BCUT2D eigenvalue weighted by molar-refractivity contribution is -0.137. The molecule has 1 atom stereocenters. The molecule has 0 aliphatic carbocycles. The van der Waals surface area contributed by atoms with Crippen molar-refractivity contribution < 1.29 is 18.0 Å². The lowest BCUT2D eigenvalue weighted by atomic mass is 10.2. The zero-order chi connectivity index (χ0) is 17.2. The van der Waals surface area contributed by atoms with E-state index in [1.165, 1.54) is 23.2 Å². The zero-order valence-corrected chi connectivity index (χ0v) is 12.6. The third kappa shape index (κ3) is 3.67. The van der Waals surface area contributed by atoms with Crippen molar-refractivity contribution in [3.63, 3.8) is 0 Å². The number of aromatic nitrogens is 3. The van der Waals surface area contributed by atoms with E-state index in [2.05, 4.69) is 10.3 Å². The summed E-state index contributed by atoms with van der Waals surface area (Å²) in [5.41, 5.74) is 4.90. The van der Waals surface area contributed by atoms with Gasteiger partial charge in [-0.05, 0) is 25.1 Å². The standard InChI is InChI=1S/C14H16F3N5O/c1-9(7-18)21(2)13(23)12-8-22(20-19-12)11-5-3-4-10(6-11)14(15,16)17/h3-6,8-9H,7,18H2,1-2H3. The smallest absolute Gasteiger partial charge is 0.336 e. The molecule has 1 heterocycles. The molecule has 23 heavy (non-hydrogen) atoms. The molecule has 1 amide bonds. The van der Waals surface area contributed by atoms with Gasteiger partial charge in [0.1, 0.15) is 0 Å². The number of rotatable bonds is 4. The second kappa shape index (κ2) is 6.37. The number of hydrogen-bond acceptors (Lipinski definition) is 4. The number of benzene rings is 1. The van der Waals surface area contributed by atoms with E-state index < -0.39 is 17.6 Å². The predicted molar refractivity (Wildman–Crippen MR) is 77.0 cm³/mol. The number of nitrogens with two attached hydrogens (primary N) is 1. The van der Waals surface area contributed by atoms with Crippen LogP contribution in [-0.4, -0.2) is 45.4 Å². The van der Waals surface area contributed by atoms with E-state index in [1.54, 1.807) is 14.0 Å². The van der Waals surface area contributed by atoms with E-state index in [4.69, 9.17) is 5.73 Å². The summed E-state index contributed by atoms with van der Waals surface area (Å²) in [6, 6.07) is 4.42. The van der Waals surface area contributed by atoms with Crippen molar-refractivity contribution >= 4 is 5.91 Å². The van der Waals surface area contributed by atoms with Gasteiger partial charge in [-0.25, -0.2) is 4.68 Å². The number of alkyl halides is 3. The van der Waals surface area contributed by atoms with Gasteiger partial charge < -0.3 is 10.6 Å². The van der Waals surface area contributed by atoms with Gasteiger partial charge in [-0.15, -0.1) is 5.10 Å². The Morgan fingerprint density at radius 1 is 1.43 bits per heavy atom. The zero-order valence-electron chi connectivity index (χ0n) is 12.6. The first-order valence-corrected chi connectivity index (χ1v) is 6.81. The van der Waals surface area contributed by atoms with Gasteiger partial charge >= 0.3 is 6.18 Å². The molecular formula is C14H16F3N5O. The van der Waals surface area contributed by atoms with Gasteiger partial charge in [0, 0.05) is 19.6 Å². The Labute approximate surface area is 130 Å². The molecule has 1 aromatic carbocycles. The minimum absolute atomic E-state index is 0.0326. The number of carbonyl (C=O) groups is 1. The molecule has 0 spiro atoms. The number of carbonyl (C=O) groups excluding carboxylic acids is 1. The first kappa shape index (κ1) is 16.9. The highest BCUT2D eigenvalue weighted by atomic mass is 19.4. The van der Waals surface area contributed by atoms with E-state index in [0.29, 0.717) is 0 Å². The summed E-state index contributed by atoms with van der Waals surface area (Å²) in [5.74, 6) is -0.402. The van der Waals surface area contributed by atoms with Gasteiger partial charge in [-0.1, -0.05) is 11.3 Å². The van der Waals surface area contributed by atoms with E-state index in [0.717, 1.165) is 16.8 Å². The molecule has 0 radical (unpaired) electrons. The van der Waals surface area contributed by atoms with Crippen molar-refractivity contribution in [2.75, 3.05) is 13.6 Å². The first-order valence-electron chi connectivity index (χ1n) is 6.81. The van der Waals surface area contributed by atoms with Crippen LogP contribution in [-0.2, 0) is 6.18 Å². The molecule has 0 saturated carbocycles. The minimum atomic E-state index is -4.45. The monoisotopic (exact) mass is 327 g/mol.